The second-order valence-corrected chi connectivity index (χ2v) is 4.67. The summed E-state index contributed by atoms with van der Waals surface area (Å²) in [6.45, 7) is 1.11. The first-order chi connectivity index (χ1) is 8.08. The zero-order valence-corrected chi connectivity index (χ0v) is 10.7. The van der Waals surface area contributed by atoms with Crippen LogP contribution in [0.1, 0.15) is 10.4 Å². The van der Waals surface area contributed by atoms with E-state index in [2.05, 4.69) is 21.2 Å². The number of nitrogens with one attached hydrogen (secondary N) is 1. The first kappa shape index (κ1) is 11.9. The number of halogens is 1. The molecule has 0 saturated carbocycles. The summed E-state index contributed by atoms with van der Waals surface area (Å²) in [6, 6.07) is 5.05. The van der Waals surface area contributed by atoms with E-state index in [1.54, 1.807) is 18.2 Å². The van der Waals surface area contributed by atoms with Gasteiger partial charge >= 0.3 is 0 Å². The fourth-order valence-corrected chi connectivity index (χ4v) is 2.11. The van der Waals surface area contributed by atoms with E-state index in [4.69, 9.17) is 5.73 Å². The molecule has 2 amide bonds. The standard InChI is InChI=1S/C11H12BrN3O2/c12-9-2-1-7(13)5-8(9)11(17)15-4-3-14-10(16)6-15/h1-2,5H,3-4,6,13H2,(H,14,16). The summed E-state index contributed by atoms with van der Waals surface area (Å²) >= 11 is 3.31. The highest BCUT2D eigenvalue weighted by Crippen LogP contribution is 2.21. The largest absolute Gasteiger partial charge is 0.399 e. The van der Waals surface area contributed by atoms with Crippen LogP contribution in [-0.2, 0) is 4.79 Å². The lowest BCUT2D eigenvalue weighted by Gasteiger charge is -2.27. The molecule has 90 valence electrons. The molecule has 3 N–H and O–H groups in total. The lowest BCUT2D eigenvalue weighted by Crippen LogP contribution is -2.50. The number of amides is 2. The average molecular weight is 298 g/mol. The molecule has 1 fully saturated rings. The summed E-state index contributed by atoms with van der Waals surface area (Å²) in [5.41, 5.74) is 6.66. The SMILES string of the molecule is Nc1ccc(Br)c(C(=O)N2CCNC(=O)C2)c1. The first-order valence-corrected chi connectivity index (χ1v) is 5.98. The quantitative estimate of drug-likeness (QED) is 0.746. The number of piperazine rings is 1. The van der Waals surface area contributed by atoms with E-state index in [9.17, 15) is 9.59 Å². The molecular formula is C11H12BrN3O2. The van der Waals surface area contributed by atoms with Crippen molar-refractivity contribution in [1.82, 2.24) is 10.2 Å². The van der Waals surface area contributed by atoms with Crippen LogP contribution in [0.3, 0.4) is 0 Å². The highest BCUT2D eigenvalue weighted by atomic mass is 79.9. The molecule has 0 atom stereocenters. The summed E-state index contributed by atoms with van der Waals surface area (Å²) in [5, 5.41) is 2.68. The molecule has 6 heteroatoms. The molecule has 1 aliphatic heterocycles. The molecule has 17 heavy (non-hydrogen) atoms. The second kappa shape index (κ2) is 4.75. The Hall–Kier alpha value is -1.56. The van der Waals surface area contributed by atoms with Crippen LogP contribution in [-0.4, -0.2) is 36.3 Å². The number of nitrogens with zero attached hydrogens (tertiary/aromatic N) is 1. The van der Waals surface area contributed by atoms with Gasteiger partial charge in [-0.25, -0.2) is 0 Å². The molecule has 0 spiro atoms. The predicted octanol–water partition coefficient (Wildman–Crippen LogP) is 0.603. The van der Waals surface area contributed by atoms with Crippen LogP contribution in [0.4, 0.5) is 5.69 Å². The molecule has 1 saturated heterocycles. The highest BCUT2D eigenvalue weighted by molar-refractivity contribution is 9.10. The molecule has 1 aromatic carbocycles. The maximum absolute atomic E-state index is 12.2. The van der Waals surface area contributed by atoms with E-state index in [0.717, 1.165) is 0 Å². The maximum Gasteiger partial charge on any atom is 0.255 e. The number of carbonyl (C=O) groups excluding carboxylic acids is 2. The zero-order valence-electron chi connectivity index (χ0n) is 9.07. The van der Waals surface area contributed by atoms with Crippen molar-refractivity contribution >= 4 is 33.4 Å². The first-order valence-electron chi connectivity index (χ1n) is 5.19. The summed E-state index contributed by atoms with van der Waals surface area (Å²) in [4.78, 5) is 24.9. The zero-order chi connectivity index (χ0) is 12.4. The average Bonchev–Trinajstić information content (AvgIpc) is 2.31. The highest BCUT2D eigenvalue weighted by Gasteiger charge is 2.23. The van der Waals surface area contributed by atoms with Gasteiger partial charge in [-0.3, -0.25) is 9.59 Å². The molecule has 0 unspecified atom stereocenters. The van der Waals surface area contributed by atoms with Gasteiger partial charge in [0.2, 0.25) is 5.91 Å². The molecule has 2 rings (SSSR count). The van der Waals surface area contributed by atoms with Crippen molar-refractivity contribution in [3.05, 3.63) is 28.2 Å². The van der Waals surface area contributed by atoms with E-state index in [-0.39, 0.29) is 18.4 Å². The van der Waals surface area contributed by atoms with Crippen LogP contribution in [0.15, 0.2) is 22.7 Å². The van der Waals surface area contributed by atoms with E-state index in [1.165, 1.54) is 4.90 Å². The molecule has 1 heterocycles. The lowest BCUT2D eigenvalue weighted by atomic mass is 10.1. The fraction of sp³-hybridized carbons (Fsp3) is 0.273. The van der Waals surface area contributed by atoms with Gasteiger partial charge in [0.15, 0.2) is 0 Å². The maximum atomic E-state index is 12.2. The number of nitrogens with two attached hydrogens (primary N) is 1. The van der Waals surface area contributed by atoms with E-state index in [0.29, 0.717) is 28.8 Å². The topological polar surface area (TPSA) is 75.4 Å². The minimum absolute atomic E-state index is 0.0973. The Bertz CT molecular complexity index is 476. The number of hydrogen-bond donors (Lipinski definition) is 2. The molecule has 1 aromatic rings. The monoisotopic (exact) mass is 297 g/mol. The Labute approximate surface area is 107 Å². The van der Waals surface area contributed by atoms with Crippen molar-refractivity contribution < 1.29 is 9.59 Å². The van der Waals surface area contributed by atoms with Gasteiger partial charge in [-0.15, -0.1) is 0 Å². The van der Waals surface area contributed by atoms with Gasteiger partial charge in [-0.05, 0) is 34.1 Å². The minimum atomic E-state index is -0.181. The van der Waals surface area contributed by atoms with Gasteiger partial charge < -0.3 is 16.0 Å². The number of anilines is 1. The van der Waals surface area contributed by atoms with Crippen LogP contribution >= 0.6 is 15.9 Å². The smallest absolute Gasteiger partial charge is 0.255 e. The van der Waals surface area contributed by atoms with Crippen molar-refractivity contribution in [2.24, 2.45) is 0 Å². The van der Waals surface area contributed by atoms with Crippen LogP contribution in [0.5, 0.6) is 0 Å². The lowest BCUT2D eigenvalue weighted by molar-refractivity contribution is -0.123. The van der Waals surface area contributed by atoms with Crippen LogP contribution in [0, 0.1) is 0 Å². The van der Waals surface area contributed by atoms with Gasteiger partial charge in [0, 0.05) is 23.2 Å². The Balaban J connectivity index is 2.24. The third kappa shape index (κ3) is 2.58. The van der Waals surface area contributed by atoms with Gasteiger partial charge in [-0.2, -0.15) is 0 Å². The van der Waals surface area contributed by atoms with E-state index >= 15 is 0 Å². The van der Waals surface area contributed by atoms with Gasteiger partial charge in [-0.1, -0.05) is 0 Å². The Kier molecular flexibility index (Phi) is 3.33. The van der Waals surface area contributed by atoms with Gasteiger partial charge in [0.25, 0.3) is 5.91 Å². The van der Waals surface area contributed by atoms with Crippen molar-refractivity contribution in [2.75, 3.05) is 25.4 Å². The predicted molar refractivity (Wildman–Crippen MR) is 67.5 cm³/mol. The van der Waals surface area contributed by atoms with Gasteiger partial charge in [0.1, 0.15) is 0 Å². The third-order valence-electron chi connectivity index (χ3n) is 2.55. The molecule has 0 aliphatic carbocycles. The van der Waals surface area contributed by atoms with Crippen molar-refractivity contribution in [1.29, 1.82) is 0 Å². The van der Waals surface area contributed by atoms with Crippen LogP contribution < -0.4 is 11.1 Å². The Morgan fingerprint density at radius 2 is 2.24 bits per heavy atom. The number of hydrogen-bond acceptors (Lipinski definition) is 3. The number of nitrogen functional groups attached to an aromatic ring is 1. The summed E-state index contributed by atoms with van der Waals surface area (Å²) in [6.07, 6.45) is 0. The molecule has 0 aromatic heterocycles. The second-order valence-electron chi connectivity index (χ2n) is 3.82. The number of rotatable bonds is 1. The summed E-state index contributed by atoms with van der Waals surface area (Å²) in [5.74, 6) is -0.316. The molecular weight excluding hydrogens is 286 g/mol. The Morgan fingerprint density at radius 1 is 1.47 bits per heavy atom. The summed E-state index contributed by atoms with van der Waals surface area (Å²) in [7, 11) is 0. The molecule has 0 bridgehead atoms. The molecule has 5 nitrogen and oxygen atoms in total. The third-order valence-corrected chi connectivity index (χ3v) is 3.24. The van der Waals surface area contributed by atoms with Crippen molar-refractivity contribution in [3.8, 4) is 0 Å². The van der Waals surface area contributed by atoms with Crippen molar-refractivity contribution in [2.45, 2.75) is 0 Å². The molecule has 1 aliphatic rings. The summed E-state index contributed by atoms with van der Waals surface area (Å²) < 4.78 is 0.683. The molecule has 0 radical (unpaired) electrons. The van der Waals surface area contributed by atoms with Gasteiger partial charge in [0.05, 0.1) is 12.1 Å². The Morgan fingerprint density at radius 3 is 2.94 bits per heavy atom. The number of benzene rings is 1. The van der Waals surface area contributed by atoms with E-state index < -0.39 is 0 Å². The normalized spacial score (nSPS) is 15.6. The van der Waals surface area contributed by atoms with Crippen LogP contribution in [0.2, 0.25) is 0 Å². The van der Waals surface area contributed by atoms with E-state index in [1.807, 2.05) is 0 Å². The fourth-order valence-electron chi connectivity index (χ4n) is 1.69. The number of carbonyl (C=O) groups is 2. The van der Waals surface area contributed by atoms with Crippen molar-refractivity contribution in [3.63, 3.8) is 0 Å². The minimum Gasteiger partial charge on any atom is -0.399 e. The van der Waals surface area contributed by atoms with Crippen LogP contribution in [0.25, 0.3) is 0 Å².